The molecule has 2 rings (SSSR count). The van der Waals surface area contributed by atoms with Gasteiger partial charge in [-0.3, -0.25) is 0 Å². The number of rotatable bonds is 0. The van der Waals surface area contributed by atoms with Crippen LogP contribution in [0.5, 0.6) is 5.75 Å². The number of anilines is 2. The van der Waals surface area contributed by atoms with E-state index >= 15 is 0 Å². The molecule has 0 aliphatic carbocycles. The van der Waals surface area contributed by atoms with Gasteiger partial charge in [0.25, 0.3) is 0 Å². The van der Waals surface area contributed by atoms with Gasteiger partial charge in [0.15, 0.2) is 0 Å². The molecule has 2 aromatic carbocycles. The fraction of sp³-hybridized carbons (Fsp3) is 0. The van der Waals surface area contributed by atoms with Gasteiger partial charge in [-0.2, -0.15) is 0 Å². The largest absolute Gasteiger partial charge is 0.508 e. The maximum atomic E-state index is 8.70. The van der Waals surface area contributed by atoms with Crippen LogP contribution in [0.1, 0.15) is 0 Å². The molecule has 5 N–H and O–H groups in total. The highest BCUT2D eigenvalue weighted by Gasteiger charge is 1.86. The Kier molecular flexibility index (Phi) is 4.66. The molecular formula is C12H13BrN2O. The normalized spacial score (nSPS) is 9.06. The van der Waals surface area contributed by atoms with Crippen molar-refractivity contribution in [3.63, 3.8) is 0 Å². The van der Waals surface area contributed by atoms with E-state index in [0.29, 0.717) is 5.69 Å². The number of halogens is 1. The first-order chi connectivity index (χ1) is 7.59. The third-order valence-electron chi connectivity index (χ3n) is 1.80. The van der Waals surface area contributed by atoms with Crippen molar-refractivity contribution in [2.24, 2.45) is 0 Å². The predicted molar refractivity (Wildman–Crippen MR) is 71.1 cm³/mol. The SMILES string of the molecule is Nc1ccc(O)cc1.Nc1ccccc1Br. The van der Waals surface area contributed by atoms with E-state index in [1.807, 2.05) is 24.3 Å². The molecule has 0 saturated heterocycles. The second-order valence-corrected chi connectivity index (χ2v) is 3.97. The van der Waals surface area contributed by atoms with E-state index in [-0.39, 0.29) is 5.75 Å². The quantitative estimate of drug-likeness (QED) is 0.513. The van der Waals surface area contributed by atoms with Gasteiger partial charge in [-0.15, -0.1) is 0 Å². The Morgan fingerprint density at radius 1 is 0.875 bits per heavy atom. The fourth-order valence-electron chi connectivity index (χ4n) is 0.949. The van der Waals surface area contributed by atoms with Crippen molar-refractivity contribution < 1.29 is 5.11 Å². The lowest BCUT2D eigenvalue weighted by molar-refractivity contribution is 0.475. The van der Waals surface area contributed by atoms with Crippen molar-refractivity contribution in [2.75, 3.05) is 11.5 Å². The van der Waals surface area contributed by atoms with Gasteiger partial charge in [-0.05, 0) is 52.3 Å². The summed E-state index contributed by atoms with van der Waals surface area (Å²) in [5.74, 6) is 0.249. The summed E-state index contributed by atoms with van der Waals surface area (Å²) < 4.78 is 0.958. The summed E-state index contributed by atoms with van der Waals surface area (Å²) in [6.45, 7) is 0. The zero-order chi connectivity index (χ0) is 12.0. The van der Waals surface area contributed by atoms with Crippen molar-refractivity contribution >= 4 is 27.3 Å². The summed E-state index contributed by atoms with van der Waals surface area (Å²) in [5.41, 5.74) is 12.2. The van der Waals surface area contributed by atoms with Crippen LogP contribution in [-0.2, 0) is 0 Å². The third-order valence-corrected chi connectivity index (χ3v) is 2.52. The number of para-hydroxylation sites is 1. The van der Waals surface area contributed by atoms with Crippen LogP contribution < -0.4 is 11.5 Å². The summed E-state index contributed by atoms with van der Waals surface area (Å²) in [4.78, 5) is 0. The molecule has 16 heavy (non-hydrogen) atoms. The Morgan fingerprint density at radius 3 is 1.81 bits per heavy atom. The van der Waals surface area contributed by atoms with Gasteiger partial charge in [-0.25, -0.2) is 0 Å². The maximum Gasteiger partial charge on any atom is 0.115 e. The molecule has 4 heteroatoms. The first-order valence-corrected chi connectivity index (χ1v) is 5.43. The lowest BCUT2D eigenvalue weighted by Crippen LogP contribution is -1.82. The van der Waals surface area contributed by atoms with Crippen LogP contribution >= 0.6 is 15.9 Å². The van der Waals surface area contributed by atoms with Gasteiger partial charge >= 0.3 is 0 Å². The molecule has 0 amide bonds. The highest BCUT2D eigenvalue weighted by Crippen LogP contribution is 2.16. The molecule has 0 bridgehead atoms. The molecule has 2 aromatic rings. The maximum absolute atomic E-state index is 8.70. The van der Waals surface area contributed by atoms with Crippen LogP contribution in [0.3, 0.4) is 0 Å². The van der Waals surface area contributed by atoms with Gasteiger partial charge in [0.05, 0.1) is 0 Å². The van der Waals surface area contributed by atoms with Crippen molar-refractivity contribution in [2.45, 2.75) is 0 Å². The molecule has 0 atom stereocenters. The Hall–Kier alpha value is -1.68. The first kappa shape index (κ1) is 12.4. The van der Waals surface area contributed by atoms with E-state index in [0.717, 1.165) is 10.2 Å². The summed E-state index contributed by atoms with van der Waals surface area (Å²) in [7, 11) is 0. The second kappa shape index (κ2) is 6.02. The Balaban J connectivity index is 0.000000160. The molecular weight excluding hydrogens is 268 g/mol. The molecule has 0 aromatic heterocycles. The number of phenolic OH excluding ortho intramolecular Hbond substituents is 1. The smallest absolute Gasteiger partial charge is 0.115 e. The Bertz CT molecular complexity index is 401. The highest BCUT2D eigenvalue weighted by atomic mass is 79.9. The number of hydrogen-bond donors (Lipinski definition) is 3. The molecule has 0 aliphatic rings. The average molecular weight is 281 g/mol. The number of phenols is 1. The summed E-state index contributed by atoms with van der Waals surface area (Å²) in [5, 5.41) is 8.70. The number of nitrogens with two attached hydrogens (primary N) is 2. The van der Waals surface area contributed by atoms with E-state index in [2.05, 4.69) is 15.9 Å². The molecule has 0 aliphatic heterocycles. The van der Waals surface area contributed by atoms with Crippen molar-refractivity contribution in [1.82, 2.24) is 0 Å². The summed E-state index contributed by atoms with van der Waals surface area (Å²) in [6, 6.07) is 14.0. The zero-order valence-electron chi connectivity index (χ0n) is 8.60. The number of nitrogen functional groups attached to an aromatic ring is 2. The van der Waals surface area contributed by atoms with Gasteiger partial charge < -0.3 is 16.6 Å². The fourth-order valence-corrected chi connectivity index (χ4v) is 1.23. The molecule has 0 radical (unpaired) electrons. The van der Waals surface area contributed by atoms with Crippen LogP contribution in [0, 0.1) is 0 Å². The Morgan fingerprint density at radius 2 is 1.44 bits per heavy atom. The van der Waals surface area contributed by atoms with E-state index in [4.69, 9.17) is 16.6 Å². The molecule has 3 nitrogen and oxygen atoms in total. The van der Waals surface area contributed by atoms with E-state index in [9.17, 15) is 0 Å². The summed E-state index contributed by atoms with van der Waals surface area (Å²) in [6.07, 6.45) is 0. The molecule has 0 saturated carbocycles. The van der Waals surface area contributed by atoms with Gasteiger partial charge in [0.1, 0.15) is 5.75 Å². The zero-order valence-corrected chi connectivity index (χ0v) is 10.2. The monoisotopic (exact) mass is 280 g/mol. The molecule has 0 spiro atoms. The number of benzene rings is 2. The Labute approximate surface area is 103 Å². The number of aromatic hydroxyl groups is 1. The lowest BCUT2D eigenvalue weighted by Gasteiger charge is -1.91. The van der Waals surface area contributed by atoms with E-state index < -0.39 is 0 Å². The summed E-state index contributed by atoms with van der Waals surface area (Å²) >= 11 is 3.27. The first-order valence-electron chi connectivity index (χ1n) is 4.64. The lowest BCUT2D eigenvalue weighted by atomic mass is 10.3. The minimum atomic E-state index is 0.249. The van der Waals surface area contributed by atoms with Gasteiger partial charge in [0, 0.05) is 15.8 Å². The molecule has 0 fully saturated rings. The minimum absolute atomic E-state index is 0.249. The van der Waals surface area contributed by atoms with Crippen LogP contribution in [0.4, 0.5) is 11.4 Å². The van der Waals surface area contributed by atoms with Crippen molar-refractivity contribution in [3.05, 3.63) is 53.0 Å². The van der Waals surface area contributed by atoms with Crippen LogP contribution in [-0.4, -0.2) is 5.11 Å². The van der Waals surface area contributed by atoms with Crippen LogP contribution in [0.2, 0.25) is 0 Å². The molecule has 0 heterocycles. The van der Waals surface area contributed by atoms with Crippen molar-refractivity contribution in [3.8, 4) is 5.75 Å². The predicted octanol–water partition coefficient (Wildman–Crippen LogP) is 3.01. The molecule has 84 valence electrons. The topological polar surface area (TPSA) is 72.3 Å². The van der Waals surface area contributed by atoms with E-state index in [1.54, 1.807) is 24.3 Å². The van der Waals surface area contributed by atoms with Crippen LogP contribution in [0.25, 0.3) is 0 Å². The van der Waals surface area contributed by atoms with Crippen molar-refractivity contribution in [1.29, 1.82) is 0 Å². The van der Waals surface area contributed by atoms with Crippen LogP contribution in [0.15, 0.2) is 53.0 Å². The number of hydrogen-bond acceptors (Lipinski definition) is 3. The van der Waals surface area contributed by atoms with E-state index in [1.165, 1.54) is 0 Å². The third kappa shape index (κ3) is 4.23. The highest BCUT2D eigenvalue weighted by molar-refractivity contribution is 9.10. The standard InChI is InChI=1S/C6H6BrN.C6H7NO/c7-5-3-1-2-4-6(5)8;7-5-1-3-6(8)4-2-5/h1-4H,8H2;1-4,8H,7H2. The second-order valence-electron chi connectivity index (χ2n) is 3.11. The average Bonchev–Trinajstić information content (AvgIpc) is 2.28. The minimum Gasteiger partial charge on any atom is -0.508 e. The molecule has 0 unspecified atom stereocenters. The van der Waals surface area contributed by atoms with Gasteiger partial charge in [0.2, 0.25) is 0 Å². The van der Waals surface area contributed by atoms with Gasteiger partial charge in [-0.1, -0.05) is 12.1 Å².